The third-order valence-electron chi connectivity index (χ3n) is 4.18. The average Bonchev–Trinajstić information content (AvgIpc) is 2.61. The van der Waals surface area contributed by atoms with E-state index in [0.29, 0.717) is 17.5 Å². The molecule has 1 heterocycles. The molecule has 144 valence electrons. The summed E-state index contributed by atoms with van der Waals surface area (Å²) in [6, 6.07) is 8.99. The minimum atomic E-state index is -0.779. The smallest absolute Gasteiger partial charge is 0.202 e. The van der Waals surface area contributed by atoms with Crippen molar-refractivity contribution in [2.75, 3.05) is 6.61 Å². The zero-order chi connectivity index (χ0) is 19.4. The highest BCUT2D eigenvalue weighted by atomic mass is 16.7. The van der Waals surface area contributed by atoms with Crippen molar-refractivity contribution in [2.45, 2.75) is 31.3 Å². The van der Waals surface area contributed by atoms with Crippen LogP contribution in [0, 0.1) is 0 Å². The number of hydrogen-bond donors (Lipinski definition) is 5. The Morgan fingerprint density at radius 3 is 2.37 bits per heavy atom. The molecule has 0 amide bonds. The molecule has 0 spiro atoms. The van der Waals surface area contributed by atoms with E-state index in [0.717, 1.165) is 0 Å². The van der Waals surface area contributed by atoms with Crippen LogP contribution in [0.4, 0.5) is 0 Å². The van der Waals surface area contributed by atoms with Crippen LogP contribution in [0.25, 0.3) is 12.2 Å². The standard InChI is InChI=1S/C20H22O7/c21-11-17-9-16(24)10-20(26-17)27-19-7-12(3-4-18(19)25)1-2-13-5-14(22)8-15(23)6-13/h1-8,16-17,20-25H,9-11H2/b2-1+/t16-,17-,20-/m0/s1. The van der Waals surface area contributed by atoms with Crippen molar-refractivity contribution in [3.05, 3.63) is 47.5 Å². The summed E-state index contributed by atoms with van der Waals surface area (Å²) in [5, 5.41) is 48.1. The van der Waals surface area contributed by atoms with E-state index in [-0.39, 0.29) is 36.0 Å². The second-order valence-corrected chi connectivity index (χ2v) is 6.46. The van der Waals surface area contributed by atoms with Gasteiger partial charge in [-0.2, -0.15) is 0 Å². The quantitative estimate of drug-likeness (QED) is 0.509. The van der Waals surface area contributed by atoms with Gasteiger partial charge in [-0.25, -0.2) is 0 Å². The van der Waals surface area contributed by atoms with E-state index in [4.69, 9.17) is 9.47 Å². The minimum absolute atomic E-state index is 0.0455. The fraction of sp³-hybridized carbons (Fsp3) is 0.300. The second kappa shape index (κ2) is 8.30. The van der Waals surface area contributed by atoms with Crippen LogP contribution >= 0.6 is 0 Å². The fourth-order valence-corrected chi connectivity index (χ4v) is 2.92. The number of rotatable bonds is 5. The van der Waals surface area contributed by atoms with Crippen molar-refractivity contribution in [1.82, 2.24) is 0 Å². The van der Waals surface area contributed by atoms with Gasteiger partial charge in [-0.05, 0) is 35.4 Å². The molecule has 0 bridgehead atoms. The number of phenols is 3. The maximum absolute atomic E-state index is 10.0. The summed E-state index contributed by atoms with van der Waals surface area (Å²) in [5.74, 6) is 0.0182. The van der Waals surface area contributed by atoms with Gasteiger partial charge in [-0.3, -0.25) is 0 Å². The lowest BCUT2D eigenvalue weighted by Crippen LogP contribution is -2.40. The number of benzene rings is 2. The molecule has 2 aromatic rings. The molecule has 7 heteroatoms. The minimum Gasteiger partial charge on any atom is -0.508 e. The number of phenolic OH excluding ortho intramolecular Hbond substituents is 3. The number of hydrogen-bond acceptors (Lipinski definition) is 7. The van der Waals surface area contributed by atoms with Gasteiger partial charge in [0.1, 0.15) is 11.5 Å². The van der Waals surface area contributed by atoms with Crippen LogP contribution in [-0.4, -0.2) is 50.6 Å². The molecule has 1 aliphatic heterocycles. The molecule has 0 unspecified atom stereocenters. The summed E-state index contributed by atoms with van der Waals surface area (Å²) in [5.41, 5.74) is 1.31. The lowest BCUT2D eigenvalue weighted by molar-refractivity contribution is -0.185. The van der Waals surface area contributed by atoms with Crippen LogP contribution in [0.15, 0.2) is 36.4 Å². The van der Waals surface area contributed by atoms with Crippen LogP contribution in [0.1, 0.15) is 24.0 Å². The predicted octanol–water partition coefficient (Wildman–Crippen LogP) is 2.21. The maximum atomic E-state index is 10.0. The predicted molar refractivity (Wildman–Crippen MR) is 98.4 cm³/mol. The summed E-state index contributed by atoms with van der Waals surface area (Å²) in [6.45, 7) is -0.220. The highest BCUT2D eigenvalue weighted by Crippen LogP contribution is 2.31. The lowest BCUT2D eigenvalue weighted by atomic mass is 10.1. The van der Waals surface area contributed by atoms with E-state index in [1.54, 1.807) is 24.3 Å². The van der Waals surface area contributed by atoms with Gasteiger partial charge in [0.2, 0.25) is 6.29 Å². The van der Waals surface area contributed by atoms with Crippen LogP contribution < -0.4 is 4.74 Å². The molecule has 3 atom stereocenters. The SMILES string of the molecule is OC[C@@H]1C[C@H](O)C[C@H](Oc2cc(/C=C/c3cc(O)cc(O)c3)ccc2O)O1. The number of ether oxygens (including phenoxy) is 2. The molecule has 3 rings (SSSR count). The van der Waals surface area contributed by atoms with Gasteiger partial charge in [0.05, 0.1) is 18.8 Å². The molecular formula is C20H22O7. The number of aromatic hydroxyl groups is 3. The normalized spacial score (nSPS) is 22.8. The summed E-state index contributed by atoms with van der Waals surface area (Å²) < 4.78 is 11.2. The van der Waals surface area contributed by atoms with Crippen molar-refractivity contribution in [2.24, 2.45) is 0 Å². The van der Waals surface area contributed by atoms with Crippen molar-refractivity contribution in [1.29, 1.82) is 0 Å². The molecule has 1 aliphatic rings. The third-order valence-corrected chi connectivity index (χ3v) is 4.18. The van der Waals surface area contributed by atoms with Gasteiger partial charge < -0.3 is 35.0 Å². The summed E-state index contributed by atoms with van der Waals surface area (Å²) in [6.07, 6.45) is 2.05. The van der Waals surface area contributed by atoms with Crippen molar-refractivity contribution < 1.29 is 35.0 Å². The topological polar surface area (TPSA) is 120 Å². The van der Waals surface area contributed by atoms with Crippen LogP contribution in [0.2, 0.25) is 0 Å². The maximum Gasteiger partial charge on any atom is 0.202 e. The molecule has 5 N–H and O–H groups in total. The van der Waals surface area contributed by atoms with Crippen molar-refractivity contribution in [3.8, 4) is 23.0 Å². The first-order valence-electron chi connectivity index (χ1n) is 8.58. The van der Waals surface area contributed by atoms with E-state index in [1.807, 2.05) is 0 Å². The van der Waals surface area contributed by atoms with Gasteiger partial charge in [-0.1, -0.05) is 18.2 Å². The molecule has 7 nitrogen and oxygen atoms in total. The Morgan fingerprint density at radius 2 is 1.67 bits per heavy atom. The molecule has 2 aromatic carbocycles. The van der Waals surface area contributed by atoms with E-state index < -0.39 is 18.5 Å². The molecule has 27 heavy (non-hydrogen) atoms. The summed E-state index contributed by atoms with van der Waals surface area (Å²) in [7, 11) is 0. The Bertz CT molecular complexity index is 798. The van der Waals surface area contributed by atoms with Gasteiger partial charge in [0.25, 0.3) is 0 Å². The number of aliphatic hydroxyl groups excluding tert-OH is 2. The Balaban J connectivity index is 1.75. The monoisotopic (exact) mass is 374 g/mol. The molecule has 0 saturated carbocycles. The van der Waals surface area contributed by atoms with E-state index in [2.05, 4.69) is 0 Å². The zero-order valence-electron chi connectivity index (χ0n) is 14.5. The van der Waals surface area contributed by atoms with Crippen LogP contribution in [0.3, 0.4) is 0 Å². The van der Waals surface area contributed by atoms with Gasteiger partial charge >= 0.3 is 0 Å². The molecule has 0 aromatic heterocycles. The Kier molecular flexibility index (Phi) is 5.85. The van der Waals surface area contributed by atoms with Crippen molar-refractivity contribution in [3.63, 3.8) is 0 Å². The third kappa shape index (κ3) is 5.13. The van der Waals surface area contributed by atoms with E-state index in [1.165, 1.54) is 24.3 Å². The highest BCUT2D eigenvalue weighted by Gasteiger charge is 2.29. The first kappa shape index (κ1) is 19.0. The largest absolute Gasteiger partial charge is 0.508 e. The van der Waals surface area contributed by atoms with Crippen LogP contribution in [0.5, 0.6) is 23.0 Å². The second-order valence-electron chi connectivity index (χ2n) is 6.46. The molecule has 0 aliphatic carbocycles. The first-order chi connectivity index (χ1) is 12.9. The van der Waals surface area contributed by atoms with Crippen molar-refractivity contribution >= 4 is 12.2 Å². The molecule has 1 saturated heterocycles. The van der Waals surface area contributed by atoms with Gasteiger partial charge in [0.15, 0.2) is 11.5 Å². The molecule has 0 radical (unpaired) electrons. The van der Waals surface area contributed by atoms with Gasteiger partial charge in [0, 0.05) is 18.9 Å². The highest BCUT2D eigenvalue weighted by molar-refractivity contribution is 5.72. The zero-order valence-corrected chi connectivity index (χ0v) is 14.5. The number of aliphatic hydroxyl groups is 2. The Hall–Kier alpha value is -2.74. The Labute approximate surface area is 156 Å². The fourth-order valence-electron chi connectivity index (χ4n) is 2.92. The first-order valence-corrected chi connectivity index (χ1v) is 8.58. The Morgan fingerprint density at radius 1 is 0.963 bits per heavy atom. The average molecular weight is 374 g/mol. The lowest BCUT2D eigenvalue weighted by Gasteiger charge is -2.32. The summed E-state index contributed by atoms with van der Waals surface area (Å²) >= 11 is 0. The van der Waals surface area contributed by atoms with Gasteiger partial charge in [-0.15, -0.1) is 0 Å². The molecule has 1 fully saturated rings. The summed E-state index contributed by atoms with van der Waals surface area (Å²) in [4.78, 5) is 0. The van der Waals surface area contributed by atoms with E-state index >= 15 is 0 Å². The molecular weight excluding hydrogens is 352 g/mol. The van der Waals surface area contributed by atoms with E-state index in [9.17, 15) is 25.5 Å². The van der Waals surface area contributed by atoms with Crippen LogP contribution in [-0.2, 0) is 4.74 Å².